The van der Waals surface area contributed by atoms with E-state index in [4.69, 9.17) is 18.6 Å². The summed E-state index contributed by atoms with van der Waals surface area (Å²) in [4.78, 5) is 0. The lowest BCUT2D eigenvalue weighted by molar-refractivity contribution is 0.0338. The Balaban J connectivity index is 1.58. The first-order valence-corrected chi connectivity index (χ1v) is 14.0. The molecule has 2 saturated heterocycles. The standard InChI is InChI=1S/C28H44B2O4/c1-27(2)17-31-29(32-18-27)23-15-16-24(30-33-19-28(3,4)20-34-30)26(22-13-9-6-10-14-22)25(23)21-11-7-5-8-12-21/h15-16,21-22H,5-14,17-20H2,1-4H3. The predicted molar refractivity (Wildman–Crippen MR) is 140 cm³/mol. The van der Waals surface area contributed by atoms with Gasteiger partial charge < -0.3 is 18.6 Å². The molecule has 0 amide bonds. The number of rotatable bonds is 4. The summed E-state index contributed by atoms with van der Waals surface area (Å²) in [5.41, 5.74) is 5.77. The van der Waals surface area contributed by atoms with Crippen LogP contribution in [0.3, 0.4) is 0 Å². The molecule has 2 aliphatic heterocycles. The molecule has 0 unspecified atom stereocenters. The molecular weight excluding hydrogens is 422 g/mol. The van der Waals surface area contributed by atoms with Crippen molar-refractivity contribution in [3.05, 3.63) is 23.3 Å². The summed E-state index contributed by atoms with van der Waals surface area (Å²) in [6.07, 6.45) is 13.1. The molecule has 5 rings (SSSR count). The first-order chi connectivity index (χ1) is 16.3. The summed E-state index contributed by atoms with van der Waals surface area (Å²) in [5.74, 6) is 1.17. The minimum Gasteiger partial charge on any atom is -0.407 e. The quantitative estimate of drug-likeness (QED) is 0.564. The van der Waals surface area contributed by atoms with Crippen molar-refractivity contribution in [3.8, 4) is 0 Å². The van der Waals surface area contributed by atoms with Crippen LogP contribution in [0.5, 0.6) is 0 Å². The summed E-state index contributed by atoms with van der Waals surface area (Å²) in [5, 5.41) is 0. The molecule has 4 fully saturated rings. The van der Waals surface area contributed by atoms with Crippen molar-refractivity contribution in [3.63, 3.8) is 0 Å². The van der Waals surface area contributed by atoms with Crippen LogP contribution < -0.4 is 10.9 Å². The fourth-order valence-corrected chi connectivity index (χ4v) is 6.52. The van der Waals surface area contributed by atoms with Gasteiger partial charge in [-0.05, 0) is 59.6 Å². The zero-order valence-electron chi connectivity index (χ0n) is 22.0. The minimum atomic E-state index is -0.256. The van der Waals surface area contributed by atoms with Crippen molar-refractivity contribution < 1.29 is 18.6 Å². The second kappa shape index (κ2) is 10.3. The zero-order chi connectivity index (χ0) is 23.8. The Hall–Kier alpha value is -0.810. The van der Waals surface area contributed by atoms with Gasteiger partial charge in [0.25, 0.3) is 0 Å². The molecule has 4 aliphatic rings. The summed E-state index contributed by atoms with van der Waals surface area (Å²) in [6.45, 7) is 11.9. The van der Waals surface area contributed by atoms with Crippen molar-refractivity contribution in [1.29, 1.82) is 0 Å². The van der Waals surface area contributed by atoms with Crippen LogP contribution in [-0.2, 0) is 18.6 Å². The molecule has 4 nitrogen and oxygen atoms in total. The van der Waals surface area contributed by atoms with Crippen LogP contribution in [0, 0.1) is 10.8 Å². The van der Waals surface area contributed by atoms with Crippen molar-refractivity contribution in [2.45, 2.75) is 104 Å². The van der Waals surface area contributed by atoms with Crippen LogP contribution in [0.2, 0.25) is 0 Å². The van der Waals surface area contributed by atoms with E-state index in [0.29, 0.717) is 11.8 Å². The smallest absolute Gasteiger partial charge is 0.407 e. The third-order valence-corrected chi connectivity index (χ3v) is 8.39. The molecule has 0 bridgehead atoms. The van der Waals surface area contributed by atoms with Crippen molar-refractivity contribution in [2.24, 2.45) is 10.8 Å². The topological polar surface area (TPSA) is 36.9 Å². The lowest BCUT2D eigenvalue weighted by Crippen LogP contribution is -2.52. The Labute approximate surface area is 208 Å². The van der Waals surface area contributed by atoms with Gasteiger partial charge in [-0.15, -0.1) is 0 Å². The number of hydrogen-bond acceptors (Lipinski definition) is 4. The molecule has 0 N–H and O–H groups in total. The second-order valence-corrected chi connectivity index (χ2v) is 13.0. The van der Waals surface area contributed by atoms with E-state index in [1.54, 1.807) is 0 Å². The number of benzene rings is 1. The SMILES string of the molecule is CC1(C)COB(c2ccc(B3OCC(C)(C)CO3)c(C3CCCCC3)c2C2CCCCC2)OC1. The molecule has 6 heteroatoms. The van der Waals surface area contributed by atoms with Gasteiger partial charge >= 0.3 is 14.2 Å². The third-order valence-electron chi connectivity index (χ3n) is 8.39. The molecule has 1 aromatic carbocycles. The van der Waals surface area contributed by atoms with Crippen LogP contribution in [0.15, 0.2) is 12.1 Å². The Morgan fingerprint density at radius 3 is 1.21 bits per heavy atom. The summed E-state index contributed by atoms with van der Waals surface area (Å²) in [6, 6.07) is 4.59. The Kier molecular flexibility index (Phi) is 7.52. The molecule has 0 aromatic heterocycles. The van der Waals surface area contributed by atoms with Crippen LogP contribution in [0.25, 0.3) is 0 Å². The molecule has 34 heavy (non-hydrogen) atoms. The fourth-order valence-electron chi connectivity index (χ4n) is 6.52. The summed E-state index contributed by atoms with van der Waals surface area (Å²) < 4.78 is 25.5. The molecule has 0 radical (unpaired) electrons. The lowest BCUT2D eigenvalue weighted by atomic mass is 9.60. The predicted octanol–water partition coefficient (Wildman–Crippen LogP) is 5.32. The first kappa shape index (κ1) is 24.9. The van der Waals surface area contributed by atoms with Gasteiger partial charge in [0.05, 0.1) is 0 Å². The highest BCUT2D eigenvalue weighted by Crippen LogP contribution is 2.41. The van der Waals surface area contributed by atoms with Gasteiger partial charge in [0, 0.05) is 37.3 Å². The van der Waals surface area contributed by atoms with E-state index < -0.39 is 0 Å². The van der Waals surface area contributed by atoms with Gasteiger partial charge in [0.15, 0.2) is 0 Å². The van der Waals surface area contributed by atoms with E-state index >= 15 is 0 Å². The van der Waals surface area contributed by atoms with Gasteiger partial charge in [-0.1, -0.05) is 78.4 Å². The average molecular weight is 466 g/mol. The van der Waals surface area contributed by atoms with Crippen LogP contribution in [0.4, 0.5) is 0 Å². The lowest BCUT2D eigenvalue weighted by Gasteiger charge is -2.39. The molecule has 2 aliphatic carbocycles. The van der Waals surface area contributed by atoms with Crippen molar-refractivity contribution in [1.82, 2.24) is 0 Å². The molecule has 0 atom stereocenters. The van der Waals surface area contributed by atoms with Gasteiger partial charge in [0.2, 0.25) is 0 Å². The minimum absolute atomic E-state index is 0.0736. The molecule has 0 spiro atoms. The monoisotopic (exact) mass is 466 g/mol. The van der Waals surface area contributed by atoms with Crippen molar-refractivity contribution >= 4 is 25.2 Å². The van der Waals surface area contributed by atoms with E-state index in [1.165, 1.54) is 86.3 Å². The summed E-state index contributed by atoms with van der Waals surface area (Å²) >= 11 is 0. The highest BCUT2D eigenvalue weighted by Gasteiger charge is 2.41. The summed E-state index contributed by atoms with van der Waals surface area (Å²) in [7, 11) is -0.512. The molecule has 186 valence electrons. The van der Waals surface area contributed by atoms with E-state index in [0.717, 1.165) is 26.4 Å². The molecule has 1 aromatic rings. The second-order valence-electron chi connectivity index (χ2n) is 13.0. The third kappa shape index (κ3) is 5.45. The highest BCUT2D eigenvalue weighted by molar-refractivity contribution is 6.64. The highest BCUT2D eigenvalue weighted by atomic mass is 16.6. The van der Waals surface area contributed by atoms with E-state index in [1.807, 2.05) is 0 Å². The Morgan fingerprint density at radius 1 is 0.559 bits per heavy atom. The van der Waals surface area contributed by atoms with Gasteiger partial charge in [0.1, 0.15) is 0 Å². The maximum Gasteiger partial charge on any atom is 0.494 e. The largest absolute Gasteiger partial charge is 0.494 e. The van der Waals surface area contributed by atoms with Crippen molar-refractivity contribution in [2.75, 3.05) is 26.4 Å². The normalized spacial score (nSPS) is 26.6. The van der Waals surface area contributed by atoms with E-state index in [9.17, 15) is 0 Å². The molecular formula is C28H44B2O4. The van der Waals surface area contributed by atoms with Crippen LogP contribution in [-0.4, -0.2) is 40.7 Å². The van der Waals surface area contributed by atoms with Gasteiger partial charge in [-0.2, -0.15) is 0 Å². The van der Waals surface area contributed by atoms with Crippen LogP contribution in [0.1, 0.15) is 115 Å². The maximum atomic E-state index is 6.38. The van der Waals surface area contributed by atoms with Gasteiger partial charge in [-0.25, -0.2) is 0 Å². The average Bonchev–Trinajstić information content (AvgIpc) is 2.84. The maximum absolute atomic E-state index is 6.38. The Bertz CT molecular complexity index is 754. The zero-order valence-corrected chi connectivity index (χ0v) is 22.0. The van der Waals surface area contributed by atoms with Gasteiger partial charge in [-0.3, -0.25) is 0 Å². The van der Waals surface area contributed by atoms with Crippen LogP contribution >= 0.6 is 0 Å². The number of hydrogen-bond donors (Lipinski definition) is 0. The molecule has 2 saturated carbocycles. The fraction of sp³-hybridized carbons (Fsp3) is 0.786. The van der Waals surface area contributed by atoms with E-state index in [2.05, 4.69) is 39.8 Å². The molecule has 2 heterocycles. The van der Waals surface area contributed by atoms with E-state index in [-0.39, 0.29) is 25.1 Å². The first-order valence-electron chi connectivity index (χ1n) is 14.0. The Morgan fingerprint density at radius 2 is 0.882 bits per heavy atom.